The minimum Gasteiger partial charge on any atom is -0.110 e. The van der Waals surface area contributed by atoms with Gasteiger partial charge in [-0.05, 0) is 25.4 Å². The quantitative estimate of drug-likeness (QED) is 0.489. The van der Waals surface area contributed by atoms with Crippen molar-refractivity contribution in [1.29, 1.82) is 0 Å². The Bertz CT molecular complexity index is 41.4. The van der Waals surface area contributed by atoms with E-state index in [1.807, 2.05) is 0 Å². The lowest BCUT2D eigenvalue weighted by Crippen LogP contribution is -1.93. The maximum Gasteiger partial charge on any atom is -0.0245 e. The highest BCUT2D eigenvalue weighted by molar-refractivity contribution is 7.56. The number of rotatable bonds is 2. The summed E-state index contributed by atoms with van der Waals surface area (Å²) in [7, 11) is 0.338. The second-order valence-electron chi connectivity index (χ2n) is 2.22. The molecule has 0 N–H and O–H groups in total. The Kier molecular flexibility index (Phi) is 3.65. The monoisotopic (exact) mass is 118 g/mol. The lowest BCUT2D eigenvalue weighted by atomic mass is 10.4. The summed E-state index contributed by atoms with van der Waals surface area (Å²) in [5, 5.41) is 0. The predicted octanol–water partition coefficient (Wildman–Crippen LogP) is 2.53. The molecule has 44 valence electrons. The van der Waals surface area contributed by atoms with Crippen molar-refractivity contribution in [3.05, 3.63) is 0 Å². The van der Waals surface area contributed by atoms with Crippen LogP contribution in [0.2, 0.25) is 0 Å². The highest BCUT2D eigenvalue weighted by Crippen LogP contribution is 2.33. The smallest absolute Gasteiger partial charge is 0.0245 e. The van der Waals surface area contributed by atoms with Crippen molar-refractivity contribution >= 4 is 7.92 Å². The fourth-order valence-electron chi connectivity index (χ4n) is 0.365. The van der Waals surface area contributed by atoms with Gasteiger partial charge in [-0.2, -0.15) is 0 Å². The highest BCUT2D eigenvalue weighted by atomic mass is 31.1. The van der Waals surface area contributed by atoms with Gasteiger partial charge in [0.2, 0.25) is 0 Å². The second kappa shape index (κ2) is 3.43. The Morgan fingerprint density at radius 3 is 1.86 bits per heavy atom. The third kappa shape index (κ3) is 3.05. The summed E-state index contributed by atoms with van der Waals surface area (Å²) in [6.45, 7) is 9.26. The van der Waals surface area contributed by atoms with E-state index in [0.29, 0.717) is 7.92 Å². The fraction of sp³-hybridized carbons (Fsp3) is 1.00. The van der Waals surface area contributed by atoms with Crippen molar-refractivity contribution in [1.82, 2.24) is 0 Å². The molecule has 1 atom stereocenters. The molecule has 0 nitrogen and oxygen atoms in total. The molecule has 0 aromatic carbocycles. The first-order chi connectivity index (χ1) is 3.18. The van der Waals surface area contributed by atoms with Crippen LogP contribution in [0, 0.1) is 0 Å². The summed E-state index contributed by atoms with van der Waals surface area (Å²) in [6.07, 6.45) is 1.35. The van der Waals surface area contributed by atoms with E-state index in [4.69, 9.17) is 0 Å². The molecule has 0 aliphatic carbocycles. The molecule has 0 bridgehead atoms. The van der Waals surface area contributed by atoms with Crippen LogP contribution in [0.4, 0.5) is 0 Å². The van der Waals surface area contributed by atoms with Gasteiger partial charge in [0.25, 0.3) is 0 Å². The molecular formula is C6H15P. The molecule has 1 heteroatoms. The van der Waals surface area contributed by atoms with E-state index >= 15 is 0 Å². The lowest BCUT2D eigenvalue weighted by Gasteiger charge is -2.11. The van der Waals surface area contributed by atoms with Gasteiger partial charge in [0.1, 0.15) is 0 Å². The van der Waals surface area contributed by atoms with Crippen LogP contribution < -0.4 is 0 Å². The van der Waals surface area contributed by atoms with Gasteiger partial charge < -0.3 is 0 Å². The Hall–Kier alpha value is 0.430. The summed E-state index contributed by atoms with van der Waals surface area (Å²) in [6, 6.07) is 0. The molecule has 0 saturated carbocycles. The average molecular weight is 118 g/mol. The van der Waals surface area contributed by atoms with E-state index in [1.54, 1.807) is 0 Å². The molecule has 7 heavy (non-hydrogen) atoms. The summed E-state index contributed by atoms with van der Waals surface area (Å²) in [5.74, 6) is 0. The molecule has 0 spiro atoms. The third-order valence-electron chi connectivity index (χ3n) is 1.47. The van der Waals surface area contributed by atoms with Crippen LogP contribution in [0.3, 0.4) is 0 Å². The Morgan fingerprint density at radius 1 is 1.43 bits per heavy atom. The van der Waals surface area contributed by atoms with Gasteiger partial charge in [-0.15, -0.1) is 7.92 Å². The molecule has 0 aliphatic heterocycles. The van der Waals surface area contributed by atoms with E-state index in [1.165, 1.54) is 6.42 Å². The van der Waals surface area contributed by atoms with Gasteiger partial charge in [0, 0.05) is 0 Å². The third-order valence-corrected chi connectivity index (χ3v) is 3.60. The van der Waals surface area contributed by atoms with Gasteiger partial charge >= 0.3 is 0 Å². The van der Waals surface area contributed by atoms with Crippen molar-refractivity contribution < 1.29 is 0 Å². The Morgan fingerprint density at radius 2 is 1.86 bits per heavy atom. The first-order valence-corrected chi connectivity index (χ1v) is 5.15. The largest absolute Gasteiger partial charge is 0.110 e. The maximum absolute atomic E-state index is 2.34. The highest BCUT2D eigenvalue weighted by Gasteiger charge is 2.00. The van der Waals surface area contributed by atoms with Gasteiger partial charge in [-0.3, -0.25) is 0 Å². The first-order valence-electron chi connectivity index (χ1n) is 2.85. The second-order valence-corrected chi connectivity index (χ2v) is 5.03. The average Bonchev–Trinajstić information content (AvgIpc) is 1.65. The zero-order valence-corrected chi connectivity index (χ0v) is 6.63. The van der Waals surface area contributed by atoms with Crippen LogP contribution >= 0.6 is 7.92 Å². The van der Waals surface area contributed by atoms with Crippen LogP contribution in [-0.4, -0.2) is 19.0 Å². The van der Waals surface area contributed by atoms with E-state index in [9.17, 15) is 0 Å². The molecule has 0 aromatic heterocycles. The minimum atomic E-state index is 0.338. The summed E-state index contributed by atoms with van der Waals surface area (Å²) in [5.41, 5.74) is 0.968. The van der Waals surface area contributed by atoms with E-state index in [0.717, 1.165) is 5.66 Å². The molecule has 0 radical (unpaired) electrons. The zero-order chi connectivity index (χ0) is 5.86. The summed E-state index contributed by atoms with van der Waals surface area (Å²) < 4.78 is 0. The number of hydrogen-bond donors (Lipinski definition) is 0. The summed E-state index contributed by atoms with van der Waals surface area (Å²) in [4.78, 5) is 0. The minimum absolute atomic E-state index is 0.338. The standard InChI is InChI=1S/C6H15P/c1-5-6(2)7(3)4/h6H,5H2,1-4H3. The van der Waals surface area contributed by atoms with Crippen molar-refractivity contribution in [2.24, 2.45) is 0 Å². The number of hydrogen-bond acceptors (Lipinski definition) is 0. The van der Waals surface area contributed by atoms with Gasteiger partial charge in [-0.25, -0.2) is 0 Å². The van der Waals surface area contributed by atoms with Crippen molar-refractivity contribution in [3.8, 4) is 0 Å². The summed E-state index contributed by atoms with van der Waals surface area (Å²) >= 11 is 0. The molecule has 0 rings (SSSR count). The van der Waals surface area contributed by atoms with E-state index in [-0.39, 0.29) is 0 Å². The molecule has 0 aromatic rings. The molecule has 1 unspecified atom stereocenters. The molecule has 0 aliphatic rings. The SMILES string of the molecule is CCC(C)P(C)C. The normalized spacial score (nSPS) is 15.0. The molecule has 0 heterocycles. The van der Waals surface area contributed by atoms with Crippen LogP contribution in [0.5, 0.6) is 0 Å². The van der Waals surface area contributed by atoms with Crippen LogP contribution in [0.1, 0.15) is 20.3 Å². The van der Waals surface area contributed by atoms with E-state index in [2.05, 4.69) is 27.2 Å². The molecule has 0 amide bonds. The van der Waals surface area contributed by atoms with Gasteiger partial charge in [0.15, 0.2) is 0 Å². The molecular weight excluding hydrogens is 103 g/mol. The van der Waals surface area contributed by atoms with E-state index < -0.39 is 0 Å². The van der Waals surface area contributed by atoms with Crippen LogP contribution in [-0.2, 0) is 0 Å². The lowest BCUT2D eigenvalue weighted by molar-refractivity contribution is 0.895. The van der Waals surface area contributed by atoms with Crippen molar-refractivity contribution in [2.45, 2.75) is 25.9 Å². The van der Waals surface area contributed by atoms with Crippen molar-refractivity contribution in [3.63, 3.8) is 0 Å². The van der Waals surface area contributed by atoms with Crippen molar-refractivity contribution in [2.75, 3.05) is 13.3 Å². The van der Waals surface area contributed by atoms with Gasteiger partial charge in [-0.1, -0.05) is 13.8 Å². The molecule has 0 fully saturated rings. The van der Waals surface area contributed by atoms with Crippen LogP contribution in [0.15, 0.2) is 0 Å². The topological polar surface area (TPSA) is 0 Å². The fourth-order valence-corrected chi connectivity index (χ4v) is 1.10. The Balaban J connectivity index is 3.14. The van der Waals surface area contributed by atoms with Crippen LogP contribution in [0.25, 0.3) is 0 Å². The first kappa shape index (κ1) is 7.43. The Labute approximate surface area is 48.1 Å². The maximum atomic E-state index is 2.34. The predicted molar refractivity (Wildman–Crippen MR) is 38.5 cm³/mol. The zero-order valence-electron chi connectivity index (χ0n) is 5.73. The van der Waals surface area contributed by atoms with Gasteiger partial charge in [0.05, 0.1) is 0 Å². The molecule has 0 saturated heterocycles.